The summed E-state index contributed by atoms with van der Waals surface area (Å²) in [7, 11) is -5.12. The van der Waals surface area contributed by atoms with Crippen LogP contribution in [0.4, 0.5) is 0 Å². The molecule has 1 saturated carbocycles. The number of aliphatic hydroxyl groups excluding tert-OH is 7. The Hall–Kier alpha value is -0.960. The van der Waals surface area contributed by atoms with Crippen LogP contribution in [0.25, 0.3) is 0 Å². The molecule has 1 rings (SSSR count). The third-order valence-electron chi connectivity index (χ3n) is 9.62. The number of carbonyl (C=O) groups is 1. The first kappa shape index (κ1) is 48.1. The highest BCUT2D eigenvalue weighted by atomic mass is 31.2. The van der Waals surface area contributed by atoms with E-state index in [1.165, 1.54) is 83.1 Å². The smallest absolute Gasteiger partial charge is 0.393 e. The van der Waals surface area contributed by atoms with Crippen molar-refractivity contribution in [1.29, 1.82) is 0 Å². The SMILES string of the molecule is CCCCCCCCCCC/C=C/C(O)C(COP(=O)(O)OC1C(O)C(O)C(O)C(O)C1O)NC(=O)CC(O)CCCCCCCCCCCC. The molecule has 0 spiro atoms. The zero-order valence-electron chi connectivity index (χ0n) is 31.3. The summed E-state index contributed by atoms with van der Waals surface area (Å²) < 4.78 is 22.7. The maximum Gasteiger partial charge on any atom is 0.472 e. The zero-order valence-corrected chi connectivity index (χ0v) is 32.2. The van der Waals surface area contributed by atoms with Crippen LogP contribution in [-0.2, 0) is 18.4 Å². The number of nitrogens with one attached hydrogen (secondary N) is 1. The summed E-state index contributed by atoms with van der Waals surface area (Å²) in [6.45, 7) is 3.66. The summed E-state index contributed by atoms with van der Waals surface area (Å²) in [6.07, 6.45) is 11.9. The van der Waals surface area contributed by atoms with Gasteiger partial charge in [-0.05, 0) is 19.3 Å². The summed E-state index contributed by atoms with van der Waals surface area (Å²) in [5.41, 5.74) is 0. The van der Waals surface area contributed by atoms with Crippen molar-refractivity contribution in [3.8, 4) is 0 Å². The number of hydrogen-bond acceptors (Lipinski definition) is 11. The van der Waals surface area contributed by atoms with Crippen molar-refractivity contribution in [2.24, 2.45) is 0 Å². The lowest BCUT2D eigenvalue weighted by molar-refractivity contribution is -0.220. The van der Waals surface area contributed by atoms with Crippen molar-refractivity contribution in [3.05, 3.63) is 12.2 Å². The maximum absolute atomic E-state index is 12.9. The number of phosphoric acid groups is 1. The Kier molecular flexibility index (Phi) is 26.8. The van der Waals surface area contributed by atoms with Crippen LogP contribution in [0, 0.1) is 0 Å². The van der Waals surface area contributed by atoms with Gasteiger partial charge in [0.15, 0.2) is 0 Å². The van der Waals surface area contributed by atoms with Crippen LogP contribution in [0.2, 0.25) is 0 Å². The molecule has 1 fully saturated rings. The van der Waals surface area contributed by atoms with E-state index in [2.05, 4.69) is 19.2 Å². The first-order chi connectivity index (χ1) is 24.3. The summed E-state index contributed by atoms with van der Waals surface area (Å²) >= 11 is 0. The highest BCUT2D eigenvalue weighted by Gasteiger charge is 2.51. The predicted molar refractivity (Wildman–Crippen MR) is 197 cm³/mol. The fourth-order valence-electron chi connectivity index (χ4n) is 6.30. The molecule has 0 aliphatic heterocycles. The molecule has 0 aromatic rings. The molecular weight excluding hydrogens is 681 g/mol. The molecule has 14 heteroatoms. The number of unbranched alkanes of at least 4 members (excludes halogenated alkanes) is 18. The molecule has 302 valence electrons. The third-order valence-corrected chi connectivity index (χ3v) is 10.6. The molecular formula is C37H72NO12P. The summed E-state index contributed by atoms with van der Waals surface area (Å²) in [5, 5.41) is 74.0. The van der Waals surface area contributed by atoms with E-state index in [9.17, 15) is 50.0 Å². The molecule has 51 heavy (non-hydrogen) atoms. The van der Waals surface area contributed by atoms with Crippen LogP contribution in [0.1, 0.15) is 155 Å². The van der Waals surface area contributed by atoms with E-state index in [-0.39, 0.29) is 6.42 Å². The Bertz CT molecular complexity index is 943. The van der Waals surface area contributed by atoms with E-state index in [1.54, 1.807) is 6.08 Å². The lowest BCUT2D eigenvalue weighted by atomic mass is 9.85. The minimum atomic E-state index is -5.12. The highest BCUT2D eigenvalue weighted by molar-refractivity contribution is 7.47. The van der Waals surface area contributed by atoms with Crippen LogP contribution in [0.5, 0.6) is 0 Å². The van der Waals surface area contributed by atoms with Gasteiger partial charge in [-0.3, -0.25) is 13.8 Å². The fourth-order valence-corrected chi connectivity index (χ4v) is 7.26. The number of phosphoric ester groups is 1. The van der Waals surface area contributed by atoms with Gasteiger partial charge in [0.25, 0.3) is 0 Å². The average Bonchev–Trinajstić information content (AvgIpc) is 3.09. The number of hydrogen-bond donors (Lipinski definition) is 9. The Labute approximate surface area is 306 Å². The van der Waals surface area contributed by atoms with E-state index in [0.29, 0.717) is 12.8 Å². The Morgan fingerprint density at radius 2 is 1.12 bits per heavy atom. The monoisotopic (exact) mass is 753 g/mol. The van der Waals surface area contributed by atoms with Crippen LogP contribution < -0.4 is 5.32 Å². The molecule has 0 aromatic carbocycles. The van der Waals surface area contributed by atoms with Gasteiger partial charge in [0, 0.05) is 0 Å². The van der Waals surface area contributed by atoms with Crippen molar-refractivity contribution in [3.63, 3.8) is 0 Å². The van der Waals surface area contributed by atoms with Crippen molar-refractivity contribution in [2.75, 3.05) is 6.61 Å². The lowest BCUT2D eigenvalue weighted by Gasteiger charge is -2.41. The molecule has 13 nitrogen and oxygen atoms in total. The van der Waals surface area contributed by atoms with Gasteiger partial charge < -0.3 is 46.0 Å². The number of amides is 1. The van der Waals surface area contributed by atoms with Crippen molar-refractivity contribution in [2.45, 2.75) is 210 Å². The highest BCUT2D eigenvalue weighted by Crippen LogP contribution is 2.47. The molecule has 1 aliphatic rings. The molecule has 0 aromatic heterocycles. The topological polar surface area (TPSA) is 226 Å². The van der Waals surface area contributed by atoms with E-state index >= 15 is 0 Å². The van der Waals surface area contributed by atoms with Gasteiger partial charge in [0.1, 0.15) is 36.6 Å². The molecule has 1 aliphatic carbocycles. The van der Waals surface area contributed by atoms with E-state index < -0.39 is 75.2 Å². The van der Waals surface area contributed by atoms with Crippen molar-refractivity contribution < 1.29 is 59.0 Å². The molecule has 0 heterocycles. The minimum absolute atomic E-state index is 0.241. The molecule has 0 bridgehead atoms. The second kappa shape index (κ2) is 28.5. The number of carbonyl (C=O) groups excluding carboxylic acids is 1. The van der Waals surface area contributed by atoms with E-state index in [1.807, 2.05) is 0 Å². The van der Waals surface area contributed by atoms with Crippen molar-refractivity contribution >= 4 is 13.7 Å². The maximum atomic E-state index is 12.9. The van der Waals surface area contributed by atoms with Gasteiger partial charge in [-0.2, -0.15) is 0 Å². The second-order valence-electron chi connectivity index (χ2n) is 14.3. The van der Waals surface area contributed by atoms with Crippen LogP contribution >= 0.6 is 7.82 Å². The van der Waals surface area contributed by atoms with Crippen LogP contribution in [0.15, 0.2) is 12.2 Å². The Morgan fingerprint density at radius 1 is 0.686 bits per heavy atom. The molecule has 1 amide bonds. The molecule has 0 saturated heterocycles. The van der Waals surface area contributed by atoms with Crippen molar-refractivity contribution in [1.82, 2.24) is 5.32 Å². The predicted octanol–water partition coefficient (Wildman–Crippen LogP) is 4.69. The summed E-state index contributed by atoms with van der Waals surface area (Å²) in [4.78, 5) is 23.2. The van der Waals surface area contributed by atoms with Crippen LogP contribution in [-0.4, -0.2) is 108 Å². The molecule has 0 radical (unpaired) electrons. The van der Waals surface area contributed by atoms with Gasteiger partial charge in [-0.25, -0.2) is 4.57 Å². The Balaban J connectivity index is 2.67. The molecule has 8 unspecified atom stereocenters. The molecule has 9 N–H and O–H groups in total. The van der Waals surface area contributed by atoms with Crippen LogP contribution in [0.3, 0.4) is 0 Å². The standard InChI is InChI=1S/C37H72NO12P/c1-3-5-7-9-11-13-15-17-19-21-23-25-30(40)29(27-49-51(47,48)50-37-35(45)33(43)32(42)34(44)36(37)46)38-31(41)26-28(39)24-22-20-18-16-14-12-10-8-6-4-2/h23,25,28-30,32-37,39-40,42-46H,3-22,24,26-27H2,1-2H3,(H,38,41)(H,47,48)/b25-23+. The first-order valence-corrected chi connectivity index (χ1v) is 21.2. The lowest BCUT2D eigenvalue weighted by Crippen LogP contribution is -2.64. The van der Waals surface area contributed by atoms with E-state index in [4.69, 9.17) is 9.05 Å². The van der Waals surface area contributed by atoms with Gasteiger partial charge in [0.2, 0.25) is 5.91 Å². The first-order valence-electron chi connectivity index (χ1n) is 19.7. The zero-order chi connectivity index (χ0) is 38.1. The molecule has 8 atom stereocenters. The van der Waals surface area contributed by atoms with Gasteiger partial charge >= 0.3 is 7.82 Å². The minimum Gasteiger partial charge on any atom is -0.393 e. The largest absolute Gasteiger partial charge is 0.472 e. The number of aliphatic hydroxyl groups is 7. The van der Waals surface area contributed by atoms with E-state index in [0.717, 1.165) is 44.9 Å². The average molecular weight is 754 g/mol. The summed E-state index contributed by atoms with van der Waals surface area (Å²) in [6, 6.07) is -1.23. The van der Waals surface area contributed by atoms with Gasteiger partial charge in [0.05, 0.1) is 31.3 Å². The van der Waals surface area contributed by atoms with Gasteiger partial charge in [-0.15, -0.1) is 0 Å². The summed E-state index contributed by atoms with van der Waals surface area (Å²) in [5.74, 6) is -0.596. The van der Waals surface area contributed by atoms with Gasteiger partial charge in [-0.1, -0.05) is 142 Å². The Morgan fingerprint density at radius 3 is 1.61 bits per heavy atom. The second-order valence-corrected chi connectivity index (χ2v) is 15.7. The number of allylic oxidation sites excluding steroid dienone is 1. The third kappa shape index (κ3) is 21.5. The normalized spacial score (nSPS) is 25.5. The quantitative estimate of drug-likeness (QED) is 0.0267. The number of rotatable bonds is 31. The fraction of sp³-hybridized carbons (Fsp3) is 0.919.